The lowest BCUT2D eigenvalue weighted by Gasteiger charge is -2.37. The number of alkyl halides is 1. The molecule has 3 fully saturated rings. The number of benzene rings is 3. The average molecular weight is 610 g/mol. The first-order valence-electron chi connectivity index (χ1n) is 13.2. The third-order valence-electron chi connectivity index (χ3n) is 8.24. The van der Waals surface area contributed by atoms with E-state index in [0.717, 1.165) is 16.3 Å². The maximum Gasteiger partial charge on any atom is 0.310 e. The number of carbonyl (C=O) groups is 3. The summed E-state index contributed by atoms with van der Waals surface area (Å²) in [7, 11) is 0. The molecule has 0 aliphatic carbocycles. The highest BCUT2D eigenvalue weighted by atomic mass is 79.9. The van der Waals surface area contributed by atoms with Gasteiger partial charge in [0.25, 0.3) is 0 Å². The highest BCUT2D eigenvalue weighted by molar-refractivity contribution is 9.09. The number of thioether (sulfide) groups is 1. The molecule has 7 atom stereocenters. The van der Waals surface area contributed by atoms with E-state index < -0.39 is 34.6 Å². The van der Waals surface area contributed by atoms with Crippen molar-refractivity contribution in [1.29, 1.82) is 0 Å². The molecule has 202 valence electrons. The van der Waals surface area contributed by atoms with E-state index in [4.69, 9.17) is 4.74 Å². The van der Waals surface area contributed by atoms with Crippen LogP contribution in [0.3, 0.4) is 0 Å². The minimum absolute atomic E-state index is 0.0545. The van der Waals surface area contributed by atoms with E-state index in [9.17, 15) is 19.5 Å². The van der Waals surface area contributed by atoms with Gasteiger partial charge < -0.3 is 20.1 Å². The van der Waals surface area contributed by atoms with E-state index in [1.54, 1.807) is 18.7 Å². The van der Waals surface area contributed by atoms with Gasteiger partial charge >= 0.3 is 5.97 Å². The Morgan fingerprint density at radius 3 is 2.56 bits per heavy atom. The molecular weight excluding hydrogens is 580 g/mol. The molecule has 3 heterocycles. The number of halogens is 1. The largest absolute Gasteiger partial charge is 0.466 e. The van der Waals surface area contributed by atoms with Gasteiger partial charge in [-0.1, -0.05) is 76.6 Å². The standard InChI is InChI=1S/C30H29BrN2O5S/c1-2-38-29(37)23-24-28(36)33(22(16-34)18-9-4-3-5-10-18)26(30(24)15-21(31)25(23)39-30)27(35)32-20-13-12-17-8-6-7-11-19(17)14-20/h3-14,21-26,34H,2,15-16H2,1H3,(H,32,35)/t21?,22-,23+,24+,25+,26?,30?/m1/s1. The SMILES string of the molecule is CCOC(=O)[C@H]1[C@H]2C(=O)N([C@H](CO)c3ccccc3)C(C(=O)Nc3ccc4ccccc4c3)C23CC(Br)[C@@H]1S3. The van der Waals surface area contributed by atoms with E-state index in [1.165, 1.54) is 4.90 Å². The summed E-state index contributed by atoms with van der Waals surface area (Å²) in [5, 5.41) is 15.5. The normalized spacial score (nSPS) is 29.9. The second-order valence-electron chi connectivity index (χ2n) is 10.3. The first-order valence-corrected chi connectivity index (χ1v) is 15.0. The van der Waals surface area contributed by atoms with Crippen LogP contribution in [0.2, 0.25) is 0 Å². The number of amides is 2. The zero-order chi connectivity index (χ0) is 27.3. The number of hydrogen-bond donors (Lipinski definition) is 2. The topological polar surface area (TPSA) is 95.9 Å². The van der Waals surface area contributed by atoms with Gasteiger partial charge in [0.15, 0.2) is 0 Å². The summed E-state index contributed by atoms with van der Waals surface area (Å²) in [6, 6.07) is 21.2. The second-order valence-corrected chi connectivity index (χ2v) is 13.0. The molecule has 7 nitrogen and oxygen atoms in total. The fraction of sp³-hybridized carbons (Fsp3) is 0.367. The molecule has 6 rings (SSSR count). The van der Waals surface area contributed by atoms with E-state index in [-0.39, 0.29) is 35.1 Å². The van der Waals surface area contributed by atoms with Crippen LogP contribution in [-0.4, -0.2) is 61.9 Å². The maximum absolute atomic E-state index is 14.3. The van der Waals surface area contributed by atoms with Crippen molar-refractivity contribution in [3.8, 4) is 0 Å². The van der Waals surface area contributed by atoms with E-state index in [1.807, 2.05) is 72.8 Å². The number of nitrogens with one attached hydrogen (secondary N) is 1. The molecule has 1 spiro atoms. The summed E-state index contributed by atoms with van der Waals surface area (Å²) in [5.74, 6) is -2.41. The van der Waals surface area contributed by atoms with Crippen molar-refractivity contribution >= 4 is 61.9 Å². The molecule has 2 bridgehead atoms. The molecule has 3 aliphatic rings. The predicted octanol–water partition coefficient (Wildman–Crippen LogP) is 4.54. The van der Waals surface area contributed by atoms with Crippen molar-refractivity contribution in [3.05, 3.63) is 78.4 Å². The first kappa shape index (κ1) is 26.3. The number of nitrogens with zero attached hydrogens (tertiary/aromatic N) is 1. The van der Waals surface area contributed by atoms with Crippen LogP contribution in [0.15, 0.2) is 72.8 Å². The van der Waals surface area contributed by atoms with Crippen LogP contribution in [0.25, 0.3) is 10.8 Å². The Morgan fingerprint density at radius 1 is 1.13 bits per heavy atom. The molecule has 0 saturated carbocycles. The Balaban J connectivity index is 1.44. The molecule has 3 aliphatic heterocycles. The number of anilines is 1. The van der Waals surface area contributed by atoms with Crippen LogP contribution in [0, 0.1) is 11.8 Å². The summed E-state index contributed by atoms with van der Waals surface area (Å²) in [6.45, 7) is 1.61. The number of fused-ring (bicyclic) bond motifs is 2. The lowest BCUT2D eigenvalue weighted by Crippen LogP contribution is -2.53. The van der Waals surface area contributed by atoms with Gasteiger partial charge in [0.05, 0.1) is 35.8 Å². The van der Waals surface area contributed by atoms with Crippen molar-refractivity contribution in [1.82, 2.24) is 4.90 Å². The fourth-order valence-corrected chi connectivity index (χ4v) is 10.3. The lowest BCUT2D eigenvalue weighted by atomic mass is 9.71. The van der Waals surface area contributed by atoms with Crippen molar-refractivity contribution in [2.75, 3.05) is 18.5 Å². The number of ether oxygens (including phenoxy) is 1. The molecule has 2 N–H and O–H groups in total. The molecule has 0 radical (unpaired) electrons. The van der Waals surface area contributed by atoms with Gasteiger partial charge in [-0.3, -0.25) is 14.4 Å². The van der Waals surface area contributed by atoms with Crippen LogP contribution < -0.4 is 5.32 Å². The summed E-state index contributed by atoms with van der Waals surface area (Å²) in [5.41, 5.74) is 1.36. The zero-order valence-electron chi connectivity index (χ0n) is 21.3. The molecule has 0 aromatic heterocycles. The number of aliphatic hydroxyl groups excluding tert-OH is 1. The molecule has 3 unspecified atom stereocenters. The van der Waals surface area contributed by atoms with Gasteiger partial charge in [0.2, 0.25) is 11.8 Å². The Kier molecular flexibility index (Phi) is 6.93. The first-order chi connectivity index (χ1) is 18.9. The molecular formula is C30H29BrN2O5S. The van der Waals surface area contributed by atoms with Crippen molar-refractivity contribution in [2.45, 2.75) is 40.3 Å². The van der Waals surface area contributed by atoms with Gasteiger partial charge in [0.1, 0.15) is 6.04 Å². The van der Waals surface area contributed by atoms with Crippen LogP contribution in [0.5, 0.6) is 0 Å². The number of rotatable bonds is 7. The molecule has 9 heteroatoms. The minimum Gasteiger partial charge on any atom is -0.466 e. The van der Waals surface area contributed by atoms with Gasteiger partial charge in [-0.25, -0.2) is 0 Å². The Morgan fingerprint density at radius 2 is 1.85 bits per heavy atom. The maximum atomic E-state index is 14.3. The molecule has 3 aromatic carbocycles. The highest BCUT2D eigenvalue weighted by Crippen LogP contribution is 2.68. The summed E-state index contributed by atoms with van der Waals surface area (Å²) < 4.78 is 4.59. The number of likely N-dealkylation sites (tertiary alicyclic amines) is 1. The zero-order valence-corrected chi connectivity index (χ0v) is 23.7. The highest BCUT2D eigenvalue weighted by Gasteiger charge is 2.76. The third kappa shape index (κ3) is 4.17. The van der Waals surface area contributed by atoms with E-state index in [2.05, 4.69) is 21.2 Å². The summed E-state index contributed by atoms with van der Waals surface area (Å²) >= 11 is 5.30. The van der Waals surface area contributed by atoms with Crippen LogP contribution in [0.1, 0.15) is 24.9 Å². The predicted molar refractivity (Wildman–Crippen MR) is 155 cm³/mol. The average Bonchev–Trinajstić information content (AvgIpc) is 3.53. The number of carbonyl (C=O) groups excluding carboxylic acids is 3. The van der Waals surface area contributed by atoms with Crippen molar-refractivity contribution in [3.63, 3.8) is 0 Å². The lowest BCUT2D eigenvalue weighted by molar-refractivity contribution is -0.154. The third-order valence-corrected chi connectivity index (χ3v) is 11.5. The molecule has 2 amide bonds. The van der Waals surface area contributed by atoms with Crippen LogP contribution >= 0.6 is 27.7 Å². The Labute approximate surface area is 239 Å². The minimum atomic E-state index is -0.895. The second kappa shape index (κ2) is 10.3. The van der Waals surface area contributed by atoms with Crippen LogP contribution in [-0.2, 0) is 19.1 Å². The molecule has 39 heavy (non-hydrogen) atoms. The quantitative estimate of drug-likeness (QED) is 0.302. The van der Waals surface area contributed by atoms with E-state index in [0.29, 0.717) is 12.1 Å². The van der Waals surface area contributed by atoms with Crippen molar-refractivity contribution < 1.29 is 24.2 Å². The number of aliphatic hydroxyl groups is 1. The number of esters is 1. The smallest absolute Gasteiger partial charge is 0.310 e. The van der Waals surface area contributed by atoms with Gasteiger partial charge in [-0.15, -0.1) is 11.8 Å². The van der Waals surface area contributed by atoms with Gasteiger partial charge in [-0.2, -0.15) is 0 Å². The van der Waals surface area contributed by atoms with Crippen molar-refractivity contribution in [2.24, 2.45) is 11.8 Å². The van der Waals surface area contributed by atoms with E-state index >= 15 is 0 Å². The van der Waals surface area contributed by atoms with Gasteiger partial charge in [-0.05, 0) is 41.8 Å². The Bertz CT molecular complexity index is 1440. The summed E-state index contributed by atoms with van der Waals surface area (Å²) in [6.07, 6.45) is 0.549. The Hall–Kier alpha value is -2.88. The van der Waals surface area contributed by atoms with Crippen LogP contribution in [0.4, 0.5) is 5.69 Å². The van der Waals surface area contributed by atoms with Gasteiger partial charge in [0, 0.05) is 15.8 Å². The fourth-order valence-electron chi connectivity index (χ4n) is 6.72. The summed E-state index contributed by atoms with van der Waals surface area (Å²) in [4.78, 5) is 43.3. The number of hydrogen-bond acceptors (Lipinski definition) is 6. The molecule has 3 aromatic rings. The monoisotopic (exact) mass is 608 g/mol. The molecule has 3 saturated heterocycles.